The Hall–Kier alpha value is -3.12. The minimum atomic E-state index is -0.229. The van der Waals surface area contributed by atoms with Crippen molar-refractivity contribution in [1.29, 1.82) is 0 Å². The molecule has 1 aromatic heterocycles. The molecule has 1 amide bonds. The van der Waals surface area contributed by atoms with Crippen molar-refractivity contribution < 1.29 is 14.3 Å². The molecule has 0 spiro atoms. The number of thiazole rings is 1. The highest BCUT2D eigenvalue weighted by Crippen LogP contribution is 2.22. The first-order valence-electron chi connectivity index (χ1n) is 8.40. The van der Waals surface area contributed by atoms with Crippen molar-refractivity contribution in [2.45, 2.75) is 13.5 Å². The number of nitrogens with one attached hydrogen (secondary N) is 1. The molecular formula is C21H20N2O3S. The fourth-order valence-corrected chi connectivity index (χ4v) is 3.02. The van der Waals surface area contributed by atoms with Crippen LogP contribution in [0.15, 0.2) is 60.0 Å². The largest absolute Gasteiger partial charge is 0.497 e. The zero-order valence-corrected chi connectivity index (χ0v) is 16.0. The van der Waals surface area contributed by atoms with Crippen LogP contribution >= 0.6 is 11.3 Å². The molecule has 0 aliphatic heterocycles. The number of carbonyl (C=O) groups excluding carboxylic acids is 1. The third kappa shape index (κ3) is 5.43. The van der Waals surface area contributed by atoms with Gasteiger partial charge < -0.3 is 14.8 Å². The van der Waals surface area contributed by atoms with E-state index in [9.17, 15) is 4.79 Å². The lowest BCUT2D eigenvalue weighted by molar-refractivity contribution is -0.111. The summed E-state index contributed by atoms with van der Waals surface area (Å²) in [5, 5.41) is 5.80. The minimum Gasteiger partial charge on any atom is -0.497 e. The van der Waals surface area contributed by atoms with Crippen LogP contribution in [-0.4, -0.2) is 18.0 Å². The average molecular weight is 380 g/mol. The molecule has 2 aromatic carbocycles. The van der Waals surface area contributed by atoms with E-state index < -0.39 is 0 Å². The SMILES string of the molecule is COc1cccc(NC(=O)/C=C/c2ccccc2OCc2csc(C)n2)c1. The van der Waals surface area contributed by atoms with E-state index in [0.717, 1.165) is 16.3 Å². The molecule has 0 bridgehead atoms. The summed E-state index contributed by atoms with van der Waals surface area (Å²) in [6.07, 6.45) is 3.21. The lowest BCUT2D eigenvalue weighted by Gasteiger charge is -2.08. The van der Waals surface area contributed by atoms with Crippen molar-refractivity contribution in [3.05, 3.63) is 76.3 Å². The number of ether oxygens (including phenoxy) is 2. The van der Waals surface area contributed by atoms with E-state index in [1.807, 2.05) is 48.7 Å². The van der Waals surface area contributed by atoms with Crippen LogP contribution in [-0.2, 0) is 11.4 Å². The molecule has 5 nitrogen and oxygen atoms in total. The van der Waals surface area contributed by atoms with Gasteiger partial charge in [-0.2, -0.15) is 0 Å². The van der Waals surface area contributed by atoms with Gasteiger partial charge in [0.15, 0.2) is 0 Å². The predicted molar refractivity (Wildman–Crippen MR) is 108 cm³/mol. The number of amides is 1. The molecule has 0 saturated heterocycles. The molecule has 0 unspecified atom stereocenters. The average Bonchev–Trinajstić information content (AvgIpc) is 3.10. The van der Waals surface area contributed by atoms with Gasteiger partial charge in [0.25, 0.3) is 0 Å². The van der Waals surface area contributed by atoms with Gasteiger partial charge in [0, 0.05) is 28.8 Å². The Morgan fingerprint density at radius 1 is 1.22 bits per heavy atom. The molecule has 0 radical (unpaired) electrons. The van der Waals surface area contributed by atoms with Crippen LogP contribution < -0.4 is 14.8 Å². The van der Waals surface area contributed by atoms with Crippen LogP contribution in [0.5, 0.6) is 11.5 Å². The normalized spacial score (nSPS) is 10.7. The van der Waals surface area contributed by atoms with Crippen molar-refractivity contribution in [2.24, 2.45) is 0 Å². The first-order chi connectivity index (χ1) is 13.1. The predicted octanol–water partition coefficient (Wildman–Crippen LogP) is 4.69. The van der Waals surface area contributed by atoms with E-state index in [2.05, 4.69) is 10.3 Å². The molecule has 0 aliphatic carbocycles. The van der Waals surface area contributed by atoms with E-state index in [0.29, 0.717) is 23.8 Å². The summed E-state index contributed by atoms with van der Waals surface area (Å²) < 4.78 is 11.0. The first-order valence-corrected chi connectivity index (χ1v) is 9.28. The van der Waals surface area contributed by atoms with Crippen LogP contribution in [0.2, 0.25) is 0 Å². The number of hydrogen-bond donors (Lipinski definition) is 1. The molecule has 3 aromatic rings. The fourth-order valence-electron chi connectivity index (χ4n) is 2.43. The summed E-state index contributed by atoms with van der Waals surface area (Å²) in [5.41, 5.74) is 2.39. The lowest BCUT2D eigenvalue weighted by Crippen LogP contribution is -2.07. The van der Waals surface area contributed by atoms with Crippen molar-refractivity contribution in [3.8, 4) is 11.5 Å². The van der Waals surface area contributed by atoms with E-state index in [1.54, 1.807) is 36.7 Å². The number of rotatable bonds is 7. The molecule has 0 saturated carbocycles. The second-order valence-corrected chi connectivity index (χ2v) is 6.80. The third-order valence-corrected chi connectivity index (χ3v) is 4.54. The number of methoxy groups -OCH3 is 1. The van der Waals surface area contributed by atoms with E-state index in [4.69, 9.17) is 9.47 Å². The number of aromatic nitrogens is 1. The second kappa shape index (κ2) is 9.00. The van der Waals surface area contributed by atoms with Crippen LogP contribution in [0.4, 0.5) is 5.69 Å². The maximum atomic E-state index is 12.2. The van der Waals surface area contributed by atoms with Gasteiger partial charge in [-0.05, 0) is 31.2 Å². The molecule has 6 heteroatoms. The van der Waals surface area contributed by atoms with Crippen molar-refractivity contribution in [3.63, 3.8) is 0 Å². The molecule has 1 N–H and O–H groups in total. The highest BCUT2D eigenvalue weighted by molar-refractivity contribution is 7.09. The first kappa shape index (κ1) is 18.7. The van der Waals surface area contributed by atoms with E-state index in [-0.39, 0.29) is 5.91 Å². The summed E-state index contributed by atoms with van der Waals surface area (Å²) in [6.45, 7) is 2.36. The zero-order chi connectivity index (χ0) is 19.1. The van der Waals surface area contributed by atoms with Crippen molar-refractivity contribution in [1.82, 2.24) is 4.98 Å². The Morgan fingerprint density at radius 2 is 2.07 bits per heavy atom. The maximum Gasteiger partial charge on any atom is 0.248 e. The monoisotopic (exact) mass is 380 g/mol. The summed E-state index contributed by atoms with van der Waals surface area (Å²) >= 11 is 1.59. The number of benzene rings is 2. The van der Waals surface area contributed by atoms with Gasteiger partial charge in [-0.3, -0.25) is 4.79 Å². The van der Waals surface area contributed by atoms with Gasteiger partial charge in [0.2, 0.25) is 5.91 Å². The topological polar surface area (TPSA) is 60.5 Å². The Balaban J connectivity index is 1.64. The van der Waals surface area contributed by atoms with Gasteiger partial charge in [-0.15, -0.1) is 11.3 Å². The Morgan fingerprint density at radius 3 is 2.85 bits per heavy atom. The zero-order valence-electron chi connectivity index (χ0n) is 15.1. The smallest absolute Gasteiger partial charge is 0.248 e. The summed E-state index contributed by atoms with van der Waals surface area (Å²) in [4.78, 5) is 16.6. The van der Waals surface area contributed by atoms with Gasteiger partial charge in [0.05, 0.1) is 17.8 Å². The third-order valence-electron chi connectivity index (χ3n) is 3.71. The standard InChI is InChI=1S/C21H20N2O3S/c1-15-22-18(14-27-15)13-26-20-9-4-3-6-16(20)10-11-21(24)23-17-7-5-8-19(12-17)25-2/h3-12,14H,13H2,1-2H3,(H,23,24)/b11-10+. The number of carbonyl (C=O) groups is 1. The minimum absolute atomic E-state index is 0.229. The summed E-state index contributed by atoms with van der Waals surface area (Å²) in [7, 11) is 1.59. The molecule has 1 heterocycles. The molecule has 3 rings (SSSR count). The summed E-state index contributed by atoms with van der Waals surface area (Å²) in [5.74, 6) is 1.16. The number of anilines is 1. The van der Waals surface area contributed by atoms with Gasteiger partial charge in [-0.25, -0.2) is 4.98 Å². The van der Waals surface area contributed by atoms with Crippen molar-refractivity contribution >= 4 is 29.0 Å². The molecule has 0 aliphatic rings. The summed E-state index contributed by atoms with van der Waals surface area (Å²) in [6, 6.07) is 14.8. The Kier molecular flexibility index (Phi) is 6.22. The van der Waals surface area contributed by atoms with E-state index in [1.165, 1.54) is 6.08 Å². The van der Waals surface area contributed by atoms with Crippen LogP contribution in [0.3, 0.4) is 0 Å². The molecule has 0 fully saturated rings. The Bertz CT molecular complexity index is 950. The highest BCUT2D eigenvalue weighted by Gasteiger charge is 2.04. The Labute approximate surface area is 162 Å². The molecule has 138 valence electrons. The molecule has 27 heavy (non-hydrogen) atoms. The highest BCUT2D eigenvalue weighted by atomic mass is 32.1. The quantitative estimate of drug-likeness (QED) is 0.604. The maximum absolute atomic E-state index is 12.2. The van der Waals surface area contributed by atoms with Gasteiger partial charge >= 0.3 is 0 Å². The van der Waals surface area contributed by atoms with Gasteiger partial charge in [0.1, 0.15) is 18.1 Å². The fraction of sp³-hybridized carbons (Fsp3) is 0.143. The van der Waals surface area contributed by atoms with Crippen molar-refractivity contribution in [2.75, 3.05) is 12.4 Å². The number of hydrogen-bond acceptors (Lipinski definition) is 5. The van der Waals surface area contributed by atoms with E-state index >= 15 is 0 Å². The number of nitrogens with zero attached hydrogens (tertiary/aromatic N) is 1. The molecular weight excluding hydrogens is 360 g/mol. The number of para-hydroxylation sites is 1. The lowest BCUT2D eigenvalue weighted by atomic mass is 10.2. The van der Waals surface area contributed by atoms with Crippen LogP contribution in [0.25, 0.3) is 6.08 Å². The molecule has 0 atom stereocenters. The number of aryl methyl sites for hydroxylation is 1. The van der Waals surface area contributed by atoms with Crippen LogP contribution in [0.1, 0.15) is 16.3 Å². The van der Waals surface area contributed by atoms with Gasteiger partial charge in [-0.1, -0.05) is 24.3 Å². The van der Waals surface area contributed by atoms with Crippen LogP contribution in [0, 0.1) is 6.92 Å². The second-order valence-electron chi connectivity index (χ2n) is 5.74.